The first kappa shape index (κ1) is 14.6. The number of nitrogens with one attached hydrogen (secondary N) is 1. The number of hydrogen-bond acceptors (Lipinski definition) is 3. The third kappa shape index (κ3) is 3.22. The van der Waals surface area contributed by atoms with E-state index in [9.17, 15) is 14.0 Å². The van der Waals surface area contributed by atoms with Gasteiger partial charge < -0.3 is 15.3 Å². The molecular weight excluding hydrogens is 283 g/mol. The van der Waals surface area contributed by atoms with E-state index in [1.165, 1.54) is 6.07 Å². The monoisotopic (exact) mass is 298 g/mol. The highest BCUT2D eigenvalue weighted by Crippen LogP contribution is 2.22. The van der Waals surface area contributed by atoms with Crippen molar-refractivity contribution < 1.29 is 19.1 Å². The summed E-state index contributed by atoms with van der Waals surface area (Å²) in [7, 11) is 1.70. The predicted molar refractivity (Wildman–Crippen MR) is 75.9 cm³/mol. The summed E-state index contributed by atoms with van der Waals surface area (Å²) in [5, 5.41) is 11.3. The molecule has 1 unspecified atom stereocenters. The second-order valence-electron chi connectivity index (χ2n) is 4.56. The summed E-state index contributed by atoms with van der Waals surface area (Å²) in [6.07, 6.45) is 0.945. The van der Waals surface area contributed by atoms with Crippen LogP contribution in [0.15, 0.2) is 18.2 Å². The zero-order valence-electron chi connectivity index (χ0n) is 10.9. The Morgan fingerprint density at radius 3 is 2.80 bits per heavy atom. The van der Waals surface area contributed by atoms with E-state index in [1.54, 1.807) is 23.7 Å². The van der Waals surface area contributed by atoms with Crippen molar-refractivity contribution >= 4 is 29.4 Å². The normalized spacial score (nSPS) is 17.8. The van der Waals surface area contributed by atoms with Gasteiger partial charge in [0.15, 0.2) is 0 Å². The number of thioether (sulfide) groups is 1. The molecule has 1 saturated heterocycles. The number of nitrogens with zero attached hydrogens (tertiary/aromatic N) is 1. The van der Waals surface area contributed by atoms with Crippen LogP contribution in [0.25, 0.3) is 0 Å². The molecule has 0 bridgehead atoms. The van der Waals surface area contributed by atoms with Gasteiger partial charge in [-0.3, -0.25) is 0 Å². The lowest BCUT2D eigenvalue weighted by molar-refractivity contribution is 0.0692. The quantitative estimate of drug-likeness (QED) is 0.899. The molecule has 2 rings (SSSR count). The topological polar surface area (TPSA) is 69.6 Å². The maximum absolute atomic E-state index is 13.5. The Bertz CT molecular complexity index is 532. The van der Waals surface area contributed by atoms with Gasteiger partial charge in [-0.15, -0.1) is 0 Å². The minimum absolute atomic E-state index is 0.183. The number of hydrogen-bond donors (Lipinski definition) is 2. The van der Waals surface area contributed by atoms with Crippen molar-refractivity contribution in [3.63, 3.8) is 0 Å². The lowest BCUT2D eigenvalue weighted by atomic mass is 10.2. The summed E-state index contributed by atoms with van der Waals surface area (Å²) in [6, 6.07) is 3.39. The van der Waals surface area contributed by atoms with Gasteiger partial charge >= 0.3 is 12.0 Å². The summed E-state index contributed by atoms with van der Waals surface area (Å²) in [6.45, 7) is 0. The van der Waals surface area contributed by atoms with Crippen LogP contribution in [0.1, 0.15) is 16.8 Å². The molecule has 1 aromatic rings. The predicted octanol–water partition coefficient (Wildman–Crippen LogP) is 2.49. The second kappa shape index (κ2) is 6.13. The first-order valence-electron chi connectivity index (χ1n) is 6.13. The largest absolute Gasteiger partial charge is 0.478 e. The third-order valence-corrected chi connectivity index (χ3v) is 4.37. The molecule has 1 aliphatic heterocycles. The van der Waals surface area contributed by atoms with Gasteiger partial charge in [-0.1, -0.05) is 0 Å². The van der Waals surface area contributed by atoms with E-state index in [1.807, 2.05) is 0 Å². The molecule has 1 atom stereocenters. The van der Waals surface area contributed by atoms with Gasteiger partial charge in [-0.25, -0.2) is 14.0 Å². The highest BCUT2D eigenvalue weighted by molar-refractivity contribution is 7.99. The molecule has 1 aromatic carbocycles. The number of aromatic carboxylic acids is 1. The average molecular weight is 298 g/mol. The zero-order chi connectivity index (χ0) is 14.7. The SMILES string of the molecule is CN(C(=O)Nc1ccc(C(=O)O)c(F)c1)C1CCSC1. The molecule has 0 radical (unpaired) electrons. The Labute approximate surface area is 120 Å². The summed E-state index contributed by atoms with van der Waals surface area (Å²) < 4.78 is 13.5. The van der Waals surface area contributed by atoms with Gasteiger partial charge in [0, 0.05) is 24.5 Å². The molecule has 1 fully saturated rings. The van der Waals surface area contributed by atoms with E-state index in [0.717, 1.165) is 30.1 Å². The van der Waals surface area contributed by atoms with Crippen LogP contribution in [0.4, 0.5) is 14.9 Å². The molecule has 2 amide bonds. The number of amides is 2. The molecule has 108 valence electrons. The zero-order valence-corrected chi connectivity index (χ0v) is 11.7. The lowest BCUT2D eigenvalue weighted by Crippen LogP contribution is -2.39. The second-order valence-corrected chi connectivity index (χ2v) is 5.71. The van der Waals surface area contributed by atoms with E-state index >= 15 is 0 Å². The third-order valence-electron chi connectivity index (χ3n) is 3.22. The minimum Gasteiger partial charge on any atom is -0.478 e. The van der Waals surface area contributed by atoms with Crippen LogP contribution >= 0.6 is 11.8 Å². The highest BCUT2D eigenvalue weighted by Gasteiger charge is 2.24. The van der Waals surface area contributed by atoms with Gasteiger partial charge in [0.25, 0.3) is 0 Å². The van der Waals surface area contributed by atoms with E-state index in [4.69, 9.17) is 5.11 Å². The number of carbonyl (C=O) groups is 2. The van der Waals surface area contributed by atoms with Crippen LogP contribution < -0.4 is 5.32 Å². The Kier molecular flexibility index (Phi) is 4.49. The maximum atomic E-state index is 13.5. The molecule has 1 aliphatic rings. The molecular formula is C13H15FN2O3S. The Balaban J connectivity index is 2.04. The Morgan fingerprint density at radius 1 is 1.50 bits per heavy atom. The van der Waals surface area contributed by atoms with Gasteiger partial charge in [-0.2, -0.15) is 11.8 Å². The molecule has 0 aliphatic carbocycles. The Morgan fingerprint density at radius 2 is 2.25 bits per heavy atom. The van der Waals surface area contributed by atoms with Crippen molar-refractivity contribution in [2.24, 2.45) is 0 Å². The van der Waals surface area contributed by atoms with Gasteiger partial charge in [0.2, 0.25) is 0 Å². The Hall–Kier alpha value is -1.76. The van der Waals surface area contributed by atoms with Crippen molar-refractivity contribution in [1.82, 2.24) is 4.90 Å². The first-order chi connectivity index (χ1) is 9.49. The summed E-state index contributed by atoms with van der Waals surface area (Å²) in [5.74, 6) is -0.268. The minimum atomic E-state index is -1.33. The molecule has 5 nitrogen and oxygen atoms in total. The number of carboxylic acids is 1. The lowest BCUT2D eigenvalue weighted by Gasteiger charge is -2.24. The number of rotatable bonds is 3. The standard InChI is InChI=1S/C13H15FN2O3S/c1-16(9-4-5-20-7-9)13(19)15-8-2-3-10(12(17)18)11(14)6-8/h2-3,6,9H,4-5,7H2,1H3,(H,15,19)(H,17,18). The van der Waals surface area contributed by atoms with Crippen LogP contribution in [0.5, 0.6) is 0 Å². The van der Waals surface area contributed by atoms with E-state index in [0.29, 0.717) is 0 Å². The van der Waals surface area contributed by atoms with Crippen molar-refractivity contribution in [3.05, 3.63) is 29.6 Å². The fraction of sp³-hybridized carbons (Fsp3) is 0.385. The maximum Gasteiger partial charge on any atom is 0.338 e. The van der Waals surface area contributed by atoms with Crippen molar-refractivity contribution in [2.75, 3.05) is 23.9 Å². The number of carboxylic acid groups (broad SMARTS) is 1. The fourth-order valence-electron chi connectivity index (χ4n) is 1.97. The molecule has 1 heterocycles. The van der Waals surface area contributed by atoms with E-state index in [-0.39, 0.29) is 17.8 Å². The van der Waals surface area contributed by atoms with Crippen LogP contribution in [-0.2, 0) is 0 Å². The average Bonchev–Trinajstić information content (AvgIpc) is 2.91. The summed E-state index contributed by atoms with van der Waals surface area (Å²) in [5.41, 5.74) is -0.168. The van der Waals surface area contributed by atoms with Crippen LogP contribution in [0.2, 0.25) is 0 Å². The van der Waals surface area contributed by atoms with Gasteiger partial charge in [-0.05, 0) is 30.4 Å². The molecule has 0 saturated carbocycles. The number of carbonyl (C=O) groups excluding carboxylic acids is 1. The smallest absolute Gasteiger partial charge is 0.338 e. The van der Waals surface area contributed by atoms with Crippen LogP contribution in [-0.4, -0.2) is 46.6 Å². The van der Waals surface area contributed by atoms with Crippen molar-refractivity contribution in [3.8, 4) is 0 Å². The molecule has 2 N–H and O–H groups in total. The fourth-order valence-corrected chi connectivity index (χ4v) is 3.24. The summed E-state index contributed by atoms with van der Waals surface area (Å²) in [4.78, 5) is 24.3. The molecule has 0 spiro atoms. The first-order valence-corrected chi connectivity index (χ1v) is 7.29. The summed E-state index contributed by atoms with van der Waals surface area (Å²) >= 11 is 1.79. The van der Waals surface area contributed by atoms with Gasteiger partial charge in [0.1, 0.15) is 5.82 Å². The number of halogens is 1. The molecule has 20 heavy (non-hydrogen) atoms. The van der Waals surface area contributed by atoms with Gasteiger partial charge in [0.05, 0.1) is 5.56 Å². The van der Waals surface area contributed by atoms with Crippen LogP contribution in [0.3, 0.4) is 0 Å². The van der Waals surface area contributed by atoms with Crippen molar-refractivity contribution in [1.29, 1.82) is 0 Å². The molecule has 7 heteroatoms. The number of anilines is 1. The highest BCUT2D eigenvalue weighted by atomic mass is 32.2. The number of urea groups is 1. The van der Waals surface area contributed by atoms with E-state index in [2.05, 4.69) is 5.32 Å². The van der Waals surface area contributed by atoms with Crippen LogP contribution in [0, 0.1) is 5.82 Å². The van der Waals surface area contributed by atoms with E-state index < -0.39 is 17.3 Å². The van der Waals surface area contributed by atoms with Crippen molar-refractivity contribution in [2.45, 2.75) is 12.5 Å². The molecule has 0 aromatic heterocycles. The number of benzene rings is 1.